The highest BCUT2D eigenvalue weighted by Crippen LogP contribution is 2.32. The zero-order valence-corrected chi connectivity index (χ0v) is 16.2. The Morgan fingerprint density at radius 2 is 1.88 bits per heavy atom. The van der Waals surface area contributed by atoms with Crippen molar-refractivity contribution in [3.8, 4) is 11.3 Å². The van der Waals surface area contributed by atoms with Crippen LogP contribution in [0.5, 0.6) is 0 Å². The lowest BCUT2D eigenvalue weighted by Crippen LogP contribution is -2.31. The third kappa shape index (κ3) is 4.61. The fourth-order valence-corrected chi connectivity index (χ4v) is 3.92. The third-order valence-electron chi connectivity index (χ3n) is 4.43. The minimum absolute atomic E-state index is 0. The first kappa shape index (κ1) is 19.9. The van der Waals surface area contributed by atoms with Gasteiger partial charge in [0, 0.05) is 24.5 Å². The molecule has 7 heteroatoms. The maximum absolute atomic E-state index is 4.79. The molecule has 0 amide bonds. The van der Waals surface area contributed by atoms with Crippen LogP contribution in [0, 0.1) is 5.92 Å². The quantitative estimate of drug-likeness (QED) is 0.675. The van der Waals surface area contributed by atoms with Crippen molar-refractivity contribution in [2.45, 2.75) is 12.8 Å². The van der Waals surface area contributed by atoms with E-state index in [1.807, 2.05) is 24.5 Å². The molecule has 1 fully saturated rings. The van der Waals surface area contributed by atoms with Crippen LogP contribution in [0.3, 0.4) is 0 Å². The van der Waals surface area contributed by atoms with Crippen molar-refractivity contribution in [2.75, 3.05) is 25.0 Å². The second-order valence-corrected chi connectivity index (χ2v) is 6.92. The number of pyridine rings is 2. The van der Waals surface area contributed by atoms with E-state index in [1.165, 1.54) is 23.2 Å². The summed E-state index contributed by atoms with van der Waals surface area (Å²) in [5, 5.41) is 9.22. The zero-order chi connectivity index (χ0) is 15.5. The summed E-state index contributed by atoms with van der Waals surface area (Å²) in [5.74, 6) is 0.754. The highest BCUT2D eigenvalue weighted by molar-refractivity contribution is 7.17. The monoisotopic (exact) mass is 396 g/mol. The number of aromatic nitrogens is 2. The van der Waals surface area contributed by atoms with Gasteiger partial charge in [0.1, 0.15) is 0 Å². The van der Waals surface area contributed by atoms with Gasteiger partial charge in [0.05, 0.1) is 21.6 Å². The van der Waals surface area contributed by atoms with Crippen LogP contribution < -0.4 is 10.6 Å². The molecule has 2 N–H and O–H groups in total. The Kier molecular flexibility index (Phi) is 7.44. The predicted molar refractivity (Wildman–Crippen MR) is 111 cm³/mol. The van der Waals surface area contributed by atoms with E-state index in [4.69, 9.17) is 4.98 Å². The Hall–Kier alpha value is -1.40. The van der Waals surface area contributed by atoms with Gasteiger partial charge in [-0.25, -0.2) is 4.98 Å². The van der Waals surface area contributed by atoms with E-state index >= 15 is 0 Å². The number of nitrogens with one attached hydrogen (secondary N) is 2. The first-order valence-electron chi connectivity index (χ1n) is 8.13. The molecule has 1 saturated heterocycles. The Labute approximate surface area is 164 Å². The summed E-state index contributed by atoms with van der Waals surface area (Å²) in [6, 6.07) is 8.30. The second kappa shape index (κ2) is 9.34. The topological polar surface area (TPSA) is 49.8 Å². The van der Waals surface area contributed by atoms with Crippen LogP contribution in [0.25, 0.3) is 21.5 Å². The summed E-state index contributed by atoms with van der Waals surface area (Å²) in [5.41, 5.74) is 4.39. The molecule has 0 unspecified atom stereocenters. The van der Waals surface area contributed by atoms with Crippen LogP contribution in [0.15, 0.2) is 42.0 Å². The smallest absolute Gasteiger partial charge is 0.0838 e. The van der Waals surface area contributed by atoms with Crippen LogP contribution >= 0.6 is 36.2 Å². The molecule has 0 aromatic carbocycles. The molecule has 0 bridgehead atoms. The molecule has 0 radical (unpaired) electrons. The Balaban J connectivity index is 0.00000113. The normalized spacial score (nSPS) is 14.6. The predicted octanol–water partition coefficient (Wildman–Crippen LogP) is 4.61. The molecule has 25 heavy (non-hydrogen) atoms. The lowest BCUT2D eigenvalue weighted by Gasteiger charge is -2.23. The molecule has 4 nitrogen and oxygen atoms in total. The average molecular weight is 397 g/mol. The van der Waals surface area contributed by atoms with Gasteiger partial charge in [0.25, 0.3) is 0 Å². The standard InChI is InChI=1S/C18H20N4S.2ClH/c1-6-19-7-2-13(1)12-21-17-11-16(14-3-8-20-9-4-14)22-15-5-10-23-18(15)17;;/h3-5,8-11,13,19H,1-2,6-7,12H2,(H,21,22);2*1H. The van der Waals surface area contributed by atoms with Gasteiger partial charge in [-0.15, -0.1) is 36.2 Å². The van der Waals surface area contributed by atoms with Crippen molar-refractivity contribution in [3.63, 3.8) is 0 Å². The van der Waals surface area contributed by atoms with Crippen LogP contribution in [-0.4, -0.2) is 29.6 Å². The molecular formula is C18H22Cl2N4S. The molecule has 0 saturated carbocycles. The van der Waals surface area contributed by atoms with Gasteiger partial charge in [-0.1, -0.05) is 0 Å². The summed E-state index contributed by atoms with van der Waals surface area (Å²) in [6.07, 6.45) is 6.14. The van der Waals surface area contributed by atoms with Crippen molar-refractivity contribution in [1.29, 1.82) is 0 Å². The average Bonchev–Trinajstić information content (AvgIpc) is 3.10. The molecule has 134 valence electrons. The SMILES string of the molecule is Cl.Cl.c1cc(-c2cc(NCC3CCNCC3)c3sccc3n2)ccn1. The summed E-state index contributed by atoms with van der Waals surface area (Å²) >= 11 is 1.75. The molecule has 0 atom stereocenters. The molecule has 3 aromatic rings. The maximum Gasteiger partial charge on any atom is 0.0838 e. The van der Waals surface area contributed by atoms with Crippen molar-refractivity contribution in [2.24, 2.45) is 5.92 Å². The minimum Gasteiger partial charge on any atom is -0.383 e. The molecular weight excluding hydrogens is 375 g/mol. The van der Waals surface area contributed by atoms with Gasteiger partial charge >= 0.3 is 0 Å². The molecule has 1 aliphatic heterocycles. The molecule has 4 rings (SSSR count). The third-order valence-corrected chi connectivity index (χ3v) is 5.36. The first-order valence-corrected chi connectivity index (χ1v) is 9.01. The van der Waals surface area contributed by atoms with Gasteiger partial charge < -0.3 is 10.6 Å². The lowest BCUT2D eigenvalue weighted by atomic mass is 9.98. The number of rotatable bonds is 4. The van der Waals surface area contributed by atoms with Gasteiger partial charge in [0.15, 0.2) is 0 Å². The number of hydrogen-bond acceptors (Lipinski definition) is 5. The summed E-state index contributed by atoms with van der Waals surface area (Å²) in [6.45, 7) is 3.31. The van der Waals surface area contributed by atoms with Gasteiger partial charge in [-0.3, -0.25) is 4.98 Å². The number of hydrogen-bond donors (Lipinski definition) is 2. The summed E-state index contributed by atoms with van der Waals surface area (Å²) in [4.78, 5) is 8.89. The zero-order valence-electron chi connectivity index (χ0n) is 13.8. The number of fused-ring (bicyclic) bond motifs is 1. The fourth-order valence-electron chi connectivity index (χ4n) is 3.10. The number of anilines is 1. The molecule has 1 aliphatic rings. The van der Waals surface area contributed by atoms with Crippen molar-refractivity contribution in [1.82, 2.24) is 15.3 Å². The number of thiophene rings is 1. The van der Waals surface area contributed by atoms with E-state index in [9.17, 15) is 0 Å². The first-order chi connectivity index (χ1) is 11.4. The Morgan fingerprint density at radius 1 is 1.12 bits per heavy atom. The summed E-state index contributed by atoms with van der Waals surface area (Å²) in [7, 11) is 0. The van der Waals surface area contributed by atoms with Gasteiger partial charge in [0.2, 0.25) is 0 Å². The minimum atomic E-state index is 0. The Bertz CT molecular complexity index is 788. The van der Waals surface area contributed by atoms with E-state index in [0.29, 0.717) is 0 Å². The van der Waals surface area contributed by atoms with Crippen molar-refractivity contribution >= 4 is 52.1 Å². The number of nitrogens with zero attached hydrogens (tertiary/aromatic N) is 2. The van der Waals surface area contributed by atoms with E-state index in [2.05, 4.69) is 33.1 Å². The van der Waals surface area contributed by atoms with Gasteiger partial charge in [-0.2, -0.15) is 0 Å². The van der Waals surface area contributed by atoms with Crippen LogP contribution in [0.1, 0.15) is 12.8 Å². The second-order valence-electron chi connectivity index (χ2n) is 6.00. The molecule has 0 spiro atoms. The number of piperidine rings is 1. The van der Waals surface area contributed by atoms with E-state index in [-0.39, 0.29) is 24.8 Å². The van der Waals surface area contributed by atoms with Crippen LogP contribution in [0.4, 0.5) is 5.69 Å². The highest BCUT2D eigenvalue weighted by atomic mass is 35.5. The van der Waals surface area contributed by atoms with Crippen molar-refractivity contribution < 1.29 is 0 Å². The molecule has 4 heterocycles. The van der Waals surface area contributed by atoms with E-state index in [1.54, 1.807) is 11.3 Å². The summed E-state index contributed by atoms with van der Waals surface area (Å²) < 4.78 is 1.25. The van der Waals surface area contributed by atoms with Crippen LogP contribution in [-0.2, 0) is 0 Å². The molecule has 3 aromatic heterocycles. The fraction of sp³-hybridized carbons (Fsp3) is 0.333. The largest absolute Gasteiger partial charge is 0.383 e. The maximum atomic E-state index is 4.79. The van der Waals surface area contributed by atoms with Crippen LogP contribution in [0.2, 0.25) is 0 Å². The van der Waals surface area contributed by atoms with E-state index in [0.717, 1.165) is 42.3 Å². The lowest BCUT2D eigenvalue weighted by molar-refractivity contribution is 0.390. The highest BCUT2D eigenvalue weighted by Gasteiger charge is 2.14. The van der Waals surface area contributed by atoms with Gasteiger partial charge in [-0.05, 0) is 61.5 Å². The van der Waals surface area contributed by atoms with Crippen molar-refractivity contribution in [3.05, 3.63) is 42.0 Å². The molecule has 0 aliphatic carbocycles. The van der Waals surface area contributed by atoms with E-state index < -0.39 is 0 Å². The Morgan fingerprint density at radius 3 is 2.64 bits per heavy atom. The number of halogens is 2.